The van der Waals surface area contributed by atoms with Crippen LogP contribution in [0.1, 0.15) is 5.56 Å². The van der Waals surface area contributed by atoms with Crippen molar-refractivity contribution in [2.24, 2.45) is 5.16 Å². The van der Waals surface area contributed by atoms with Gasteiger partial charge in [-0.15, -0.1) is 0 Å². The number of oxime groups is 1. The van der Waals surface area contributed by atoms with Crippen LogP contribution in [0.5, 0.6) is 11.5 Å². The van der Waals surface area contributed by atoms with E-state index in [1.54, 1.807) is 0 Å². The van der Waals surface area contributed by atoms with Gasteiger partial charge in [-0.2, -0.15) is 0 Å². The molecule has 0 bridgehead atoms. The third-order valence-corrected chi connectivity index (χ3v) is 1.88. The van der Waals surface area contributed by atoms with E-state index in [4.69, 9.17) is 14.7 Å². The first-order chi connectivity index (χ1) is 6.83. The van der Waals surface area contributed by atoms with Crippen LogP contribution in [0.25, 0.3) is 0 Å². The highest BCUT2D eigenvalue weighted by Gasteiger charge is 2.18. The van der Waals surface area contributed by atoms with Crippen molar-refractivity contribution in [3.8, 4) is 11.5 Å². The van der Waals surface area contributed by atoms with Gasteiger partial charge in [0.2, 0.25) is 0 Å². The molecule has 2 rings (SSSR count). The summed E-state index contributed by atoms with van der Waals surface area (Å²) in [5, 5.41) is 11.1. The quantitative estimate of drug-likeness (QED) is 0.420. The fourth-order valence-electron chi connectivity index (χ4n) is 1.29. The number of fused-ring (bicyclic) bond motifs is 1. The molecule has 0 fully saturated rings. The lowest BCUT2D eigenvalue weighted by Crippen LogP contribution is -2.17. The molecule has 0 spiro atoms. The summed E-state index contributed by atoms with van der Waals surface area (Å²) in [4.78, 5) is 0. The molecule has 0 atom stereocenters. The standard InChI is InChI=1S/C9H8FNO3/c10-7-1-2-8-9(6(7)5-11-12)14-4-3-13-8/h1-2,5,12H,3-4H2. The number of hydrogen-bond donors (Lipinski definition) is 1. The summed E-state index contributed by atoms with van der Waals surface area (Å²) in [7, 11) is 0. The number of benzene rings is 1. The number of rotatable bonds is 1. The Labute approximate surface area is 79.6 Å². The van der Waals surface area contributed by atoms with Gasteiger partial charge < -0.3 is 14.7 Å². The summed E-state index contributed by atoms with van der Waals surface area (Å²) in [5.41, 5.74) is 0.102. The van der Waals surface area contributed by atoms with Gasteiger partial charge in [0.15, 0.2) is 11.5 Å². The van der Waals surface area contributed by atoms with Gasteiger partial charge >= 0.3 is 0 Å². The van der Waals surface area contributed by atoms with Crippen LogP contribution >= 0.6 is 0 Å². The minimum Gasteiger partial charge on any atom is -0.486 e. The number of halogens is 1. The molecule has 0 aliphatic carbocycles. The Morgan fingerprint density at radius 2 is 2.14 bits per heavy atom. The molecule has 4 nitrogen and oxygen atoms in total. The van der Waals surface area contributed by atoms with Gasteiger partial charge in [-0.1, -0.05) is 5.16 Å². The maximum absolute atomic E-state index is 13.2. The molecule has 1 heterocycles. The SMILES string of the molecule is ON=Cc1c(F)ccc2c1OCCO2. The third kappa shape index (κ3) is 1.37. The van der Waals surface area contributed by atoms with E-state index >= 15 is 0 Å². The van der Waals surface area contributed by atoms with Gasteiger partial charge in [0.05, 0.1) is 11.8 Å². The first kappa shape index (κ1) is 8.80. The Kier molecular flexibility index (Phi) is 2.22. The van der Waals surface area contributed by atoms with Crippen LogP contribution in [0, 0.1) is 5.82 Å². The molecule has 1 aromatic rings. The Bertz CT molecular complexity index is 379. The number of ether oxygens (including phenoxy) is 2. The Hall–Kier alpha value is -1.78. The highest BCUT2D eigenvalue weighted by molar-refractivity contribution is 5.85. The maximum Gasteiger partial charge on any atom is 0.173 e. The van der Waals surface area contributed by atoms with Crippen LogP contribution in [0.3, 0.4) is 0 Å². The average Bonchev–Trinajstić information content (AvgIpc) is 2.23. The predicted octanol–water partition coefficient (Wildman–Crippen LogP) is 1.41. The summed E-state index contributed by atoms with van der Waals surface area (Å²) in [6, 6.07) is 2.73. The van der Waals surface area contributed by atoms with Crippen LogP contribution in [-0.2, 0) is 0 Å². The smallest absolute Gasteiger partial charge is 0.173 e. The first-order valence-corrected chi connectivity index (χ1v) is 4.08. The van der Waals surface area contributed by atoms with Gasteiger partial charge in [0.1, 0.15) is 19.0 Å². The van der Waals surface area contributed by atoms with E-state index in [9.17, 15) is 4.39 Å². The van der Waals surface area contributed by atoms with Crippen molar-refractivity contribution in [1.82, 2.24) is 0 Å². The second-order valence-electron chi connectivity index (χ2n) is 2.73. The molecule has 14 heavy (non-hydrogen) atoms. The number of nitrogens with zero attached hydrogens (tertiary/aromatic N) is 1. The molecule has 0 saturated carbocycles. The van der Waals surface area contributed by atoms with Crippen molar-refractivity contribution in [2.75, 3.05) is 13.2 Å². The summed E-state index contributed by atoms with van der Waals surface area (Å²) < 4.78 is 23.7. The third-order valence-electron chi connectivity index (χ3n) is 1.88. The second-order valence-corrected chi connectivity index (χ2v) is 2.73. The van der Waals surface area contributed by atoms with Crippen LogP contribution < -0.4 is 9.47 Å². The minimum atomic E-state index is -0.507. The Morgan fingerprint density at radius 1 is 1.36 bits per heavy atom. The van der Waals surface area contributed by atoms with Gasteiger partial charge in [0.25, 0.3) is 0 Å². The largest absolute Gasteiger partial charge is 0.486 e. The van der Waals surface area contributed by atoms with E-state index in [1.165, 1.54) is 12.1 Å². The van der Waals surface area contributed by atoms with Crippen molar-refractivity contribution in [3.05, 3.63) is 23.5 Å². The number of hydrogen-bond acceptors (Lipinski definition) is 4. The molecule has 1 N–H and O–H groups in total. The van der Waals surface area contributed by atoms with Crippen molar-refractivity contribution in [2.45, 2.75) is 0 Å². The molecular formula is C9H8FNO3. The fourth-order valence-corrected chi connectivity index (χ4v) is 1.29. The van der Waals surface area contributed by atoms with Gasteiger partial charge in [-0.3, -0.25) is 0 Å². The van der Waals surface area contributed by atoms with E-state index in [1.807, 2.05) is 0 Å². The molecule has 0 radical (unpaired) electrons. The van der Waals surface area contributed by atoms with Gasteiger partial charge in [-0.25, -0.2) is 4.39 Å². The van der Waals surface area contributed by atoms with E-state index in [0.29, 0.717) is 19.0 Å². The van der Waals surface area contributed by atoms with E-state index < -0.39 is 5.82 Å². The topological polar surface area (TPSA) is 51.1 Å². The van der Waals surface area contributed by atoms with Crippen molar-refractivity contribution in [3.63, 3.8) is 0 Å². The first-order valence-electron chi connectivity index (χ1n) is 4.08. The van der Waals surface area contributed by atoms with E-state index in [0.717, 1.165) is 6.21 Å². The molecule has 5 heteroatoms. The molecular weight excluding hydrogens is 189 g/mol. The molecule has 0 aromatic heterocycles. The zero-order chi connectivity index (χ0) is 9.97. The van der Waals surface area contributed by atoms with Crippen LogP contribution in [-0.4, -0.2) is 24.6 Å². The summed E-state index contributed by atoms with van der Waals surface area (Å²) in [6.45, 7) is 0.803. The molecule has 1 aliphatic rings. The molecule has 0 saturated heterocycles. The molecule has 0 unspecified atom stereocenters. The normalized spacial score (nSPS) is 14.6. The Balaban J connectivity index is 2.54. The van der Waals surface area contributed by atoms with Gasteiger partial charge in [0, 0.05) is 0 Å². The van der Waals surface area contributed by atoms with E-state index in [2.05, 4.69) is 5.16 Å². The summed E-state index contributed by atoms with van der Waals surface area (Å²) in [5.74, 6) is 0.244. The highest BCUT2D eigenvalue weighted by Crippen LogP contribution is 2.34. The lowest BCUT2D eigenvalue weighted by atomic mass is 10.2. The van der Waals surface area contributed by atoms with Crippen LogP contribution in [0.4, 0.5) is 4.39 Å². The predicted molar refractivity (Wildman–Crippen MR) is 46.8 cm³/mol. The molecule has 1 aliphatic heterocycles. The van der Waals surface area contributed by atoms with Gasteiger partial charge in [-0.05, 0) is 12.1 Å². The minimum absolute atomic E-state index is 0.102. The average molecular weight is 197 g/mol. The summed E-state index contributed by atoms with van der Waals surface area (Å²) in [6.07, 6.45) is 0.989. The monoisotopic (exact) mass is 197 g/mol. The zero-order valence-corrected chi connectivity index (χ0v) is 7.24. The summed E-state index contributed by atoms with van der Waals surface area (Å²) >= 11 is 0. The highest BCUT2D eigenvalue weighted by atomic mass is 19.1. The lowest BCUT2D eigenvalue weighted by molar-refractivity contribution is 0.170. The zero-order valence-electron chi connectivity index (χ0n) is 7.24. The van der Waals surface area contributed by atoms with Crippen molar-refractivity contribution < 1.29 is 19.1 Å². The second kappa shape index (κ2) is 3.53. The van der Waals surface area contributed by atoms with Crippen molar-refractivity contribution in [1.29, 1.82) is 0 Å². The van der Waals surface area contributed by atoms with Crippen LogP contribution in [0.15, 0.2) is 17.3 Å². The van der Waals surface area contributed by atoms with Crippen LogP contribution in [0.2, 0.25) is 0 Å². The van der Waals surface area contributed by atoms with E-state index in [-0.39, 0.29) is 11.3 Å². The molecule has 74 valence electrons. The fraction of sp³-hybridized carbons (Fsp3) is 0.222. The van der Waals surface area contributed by atoms with Crippen molar-refractivity contribution >= 4 is 6.21 Å². The Morgan fingerprint density at radius 3 is 2.93 bits per heavy atom. The maximum atomic E-state index is 13.2. The molecule has 0 amide bonds. The molecule has 1 aromatic carbocycles. The lowest BCUT2D eigenvalue weighted by Gasteiger charge is -2.19.